The second kappa shape index (κ2) is 8.64. The average molecular weight is 389 g/mol. The first-order valence-corrected chi connectivity index (χ1v) is 10.2. The first-order chi connectivity index (χ1) is 12.6. The van der Waals surface area contributed by atoms with Crippen molar-refractivity contribution in [1.82, 2.24) is 0 Å². The lowest BCUT2D eigenvalue weighted by molar-refractivity contribution is 0.0601. The van der Waals surface area contributed by atoms with Crippen molar-refractivity contribution in [2.75, 3.05) is 17.7 Å². The molecule has 0 amide bonds. The standard InChI is InChI=1S/C20H24N2O2S2/c1-3-4-6-13-9-11-14(12-10-13)21-20(25)22-18-17(19(23)24-2)15-7-5-8-16(15)26-18/h9-12H,3-8H2,1-2H3,(H2,21,22,25). The van der Waals surface area contributed by atoms with Crippen LogP contribution in [0.1, 0.15) is 52.5 Å². The third-order valence-electron chi connectivity index (χ3n) is 4.57. The molecule has 1 aromatic heterocycles. The number of carbonyl (C=O) groups excluding carboxylic acids is 1. The minimum absolute atomic E-state index is 0.296. The minimum Gasteiger partial charge on any atom is -0.465 e. The monoisotopic (exact) mass is 388 g/mol. The summed E-state index contributed by atoms with van der Waals surface area (Å²) in [4.78, 5) is 13.5. The number of rotatable bonds is 6. The molecule has 6 heteroatoms. The van der Waals surface area contributed by atoms with E-state index in [1.54, 1.807) is 11.3 Å². The Labute approximate surface area is 164 Å². The number of benzene rings is 1. The number of aryl methyl sites for hydroxylation is 2. The molecule has 3 rings (SSSR count). The molecule has 1 aromatic carbocycles. The molecule has 0 saturated heterocycles. The average Bonchev–Trinajstić information content (AvgIpc) is 3.21. The largest absolute Gasteiger partial charge is 0.465 e. The van der Waals surface area contributed by atoms with Crippen LogP contribution < -0.4 is 10.6 Å². The first kappa shape index (κ1) is 18.9. The number of nitrogens with one attached hydrogen (secondary N) is 2. The molecule has 2 N–H and O–H groups in total. The van der Waals surface area contributed by atoms with Gasteiger partial charge in [0.1, 0.15) is 5.00 Å². The Morgan fingerprint density at radius 1 is 1.23 bits per heavy atom. The molecule has 1 aliphatic carbocycles. The number of esters is 1. The smallest absolute Gasteiger partial charge is 0.341 e. The highest BCUT2D eigenvalue weighted by Gasteiger charge is 2.27. The number of methoxy groups -OCH3 is 1. The van der Waals surface area contributed by atoms with E-state index in [0.717, 1.165) is 41.9 Å². The fourth-order valence-electron chi connectivity index (χ4n) is 3.21. The van der Waals surface area contributed by atoms with Crippen LogP contribution in [0.2, 0.25) is 0 Å². The van der Waals surface area contributed by atoms with Crippen LogP contribution in [0.4, 0.5) is 10.7 Å². The molecule has 1 heterocycles. The van der Waals surface area contributed by atoms with Crippen molar-refractivity contribution in [3.05, 3.63) is 45.8 Å². The highest BCUT2D eigenvalue weighted by molar-refractivity contribution is 7.80. The van der Waals surface area contributed by atoms with Crippen molar-refractivity contribution in [2.45, 2.75) is 45.4 Å². The van der Waals surface area contributed by atoms with Gasteiger partial charge in [-0.25, -0.2) is 4.79 Å². The Morgan fingerprint density at radius 3 is 2.69 bits per heavy atom. The minimum atomic E-state index is -0.296. The summed E-state index contributed by atoms with van der Waals surface area (Å²) < 4.78 is 4.97. The zero-order valence-electron chi connectivity index (χ0n) is 15.2. The van der Waals surface area contributed by atoms with Crippen LogP contribution >= 0.6 is 23.6 Å². The van der Waals surface area contributed by atoms with E-state index in [0.29, 0.717) is 10.7 Å². The maximum absolute atomic E-state index is 12.2. The number of unbranched alkanes of at least 4 members (excludes halogenated alkanes) is 1. The van der Waals surface area contributed by atoms with Crippen molar-refractivity contribution in [1.29, 1.82) is 0 Å². The third-order valence-corrected chi connectivity index (χ3v) is 5.98. The van der Waals surface area contributed by atoms with Crippen LogP contribution in [0, 0.1) is 0 Å². The lowest BCUT2D eigenvalue weighted by Gasteiger charge is -2.11. The number of hydrogen-bond acceptors (Lipinski definition) is 4. The van der Waals surface area contributed by atoms with Crippen molar-refractivity contribution >= 4 is 45.3 Å². The number of ether oxygens (including phenoxy) is 1. The molecule has 26 heavy (non-hydrogen) atoms. The Hall–Kier alpha value is -1.92. The van der Waals surface area contributed by atoms with Gasteiger partial charge in [-0.05, 0) is 67.6 Å². The Morgan fingerprint density at radius 2 is 2.00 bits per heavy atom. The van der Waals surface area contributed by atoms with Gasteiger partial charge in [0.25, 0.3) is 0 Å². The zero-order valence-corrected chi connectivity index (χ0v) is 16.8. The molecule has 0 aliphatic heterocycles. The van der Waals surface area contributed by atoms with Crippen molar-refractivity contribution in [2.24, 2.45) is 0 Å². The summed E-state index contributed by atoms with van der Waals surface area (Å²) in [7, 11) is 1.42. The number of anilines is 2. The molecule has 0 radical (unpaired) electrons. The van der Waals surface area contributed by atoms with Crippen LogP contribution in [0.25, 0.3) is 0 Å². The van der Waals surface area contributed by atoms with Gasteiger partial charge in [0, 0.05) is 10.6 Å². The van der Waals surface area contributed by atoms with E-state index in [4.69, 9.17) is 17.0 Å². The van der Waals surface area contributed by atoms with Crippen LogP contribution in [0.3, 0.4) is 0 Å². The fraction of sp³-hybridized carbons (Fsp3) is 0.400. The lowest BCUT2D eigenvalue weighted by atomic mass is 10.1. The van der Waals surface area contributed by atoms with Crippen LogP contribution in [0.5, 0.6) is 0 Å². The second-order valence-corrected chi connectivity index (χ2v) is 7.95. The molecular weight excluding hydrogens is 364 g/mol. The molecule has 0 fully saturated rings. The number of thiophene rings is 1. The number of thiocarbonyl (C=S) groups is 1. The van der Waals surface area contributed by atoms with E-state index >= 15 is 0 Å². The summed E-state index contributed by atoms with van der Waals surface area (Å²) >= 11 is 7.05. The van der Waals surface area contributed by atoms with E-state index in [1.165, 1.54) is 30.4 Å². The summed E-state index contributed by atoms with van der Waals surface area (Å²) in [6, 6.07) is 8.32. The molecule has 1 aliphatic rings. The van der Waals surface area contributed by atoms with Gasteiger partial charge in [0.05, 0.1) is 12.7 Å². The quantitative estimate of drug-likeness (QED) is 0.528. The topological polar surface area (TPSA) is 50.4 Å². The maximum Gasteiger partial charge on any atom is 0.341 e. The summed E-state index contributed by atoms with van der Waals surface area (Å²) in [5, 5.41) is 7.65. The summed E-state index contributed by atoms with van der Waals surface area (Å²) in [5.41, 5.74) is 4.03. The van der Waals surface area contributed by atoms with Crippen LogP contribution in [-0.2, 0) is 24.0 Å². The first-order valence-electron chi connectivity index (χ1n) is 9.02. The van der Waals surface area contributed by atoms with Gasteiger partial charge in [0.2, 0.25) is 0 Å². The van der Waals surface area contributed by atoms with E-state index in [-0.39, 0.29) is 5.97 Å². The molecule has 0 saturated carbocycles. The summed E-state index contributed by atoms with van der Waals surface area (Å²) in [5.74, 6) is -0.296. The van der Waals surface area contributed by atoms with Gasteiger partial charge in [-0.15, -0.1) is 11.3 Å². The van der Waals surface area contributed by atoms with E-state index in [2.05, 4.69) is 29.7 Å². The molecule has 4 nitrogen and oxygen atoms in total. The highest BCUT2D eigenvalue weighted by atomic mass is 32.1. The molecule has 0 spiro atoms. The SMILES string of the molecule is CCCCc1ccc(NC(=S)Nc2sc3c(c2C(=O)OC)CCC3)cc1. The normalized spacial score (nSPS) is 12.5. The maximum atomic E-state index is 12.2. The van der Waals surface area contributed by atoms with Gasteiger partial charge in [0.15, 0.2) is 5.11 Å². The third kappa shape index (κ3) is 4.24. The number of carbonyl (C=O) groups is 1. The van der Waals surface area contributed by atoms with E-state index in [1.807, 2.05) is 12.1 Å². The fourth-order valence-corrected chi connectivity index (χ4v) is 4.78. The Bertz CT molecular complexity index is 797. The predicted octanol–water partition coefficient (Wildman–Crippen LogP) is 5.17. The van der Waals surface area contributed by atoms with Crippen molar-refractivity contribution in [3.63, 3.8) is 0 Å². The Balaban J connectivity index is 1.68. The van der Waals surface area contributed by atoms with Crippen molar-refractivity contribution in [3.8, 4) is 0 Å². The molecule has 0 atom stereocenters. The number of fused-ring (bicyclic) bond motifs is 1. The van der Waals surface area contributed by atoms with Gasteiger partial charge >= 0.3 is 5.97 Å². The van der Waals surface area contributed by atoms with Gasteiger partial charge < -0.3 is 15.4 Å². The van der Waals surface area contributed by atoms with Gasteiger partial charge in [-0.1, -0.05) is 25.5 Å². The van der Waals surface area contributed by atoms with Gasteiger partial charge in [-0.3, -0.25) is 0 Å². The lowest BCUT2D eigenvalue weighted by Crippen LogP contribution is -2.20. The van der Waals surface area contributed by atoms with Crippen molar-refractivity contribution < 1.29 is 9.53 Å². The van der Waals surface area contributed by atoms with Crippen LogP contribution in [0.15, 0.2) is 24.3 Å². The predicted molar refractivity (Wildman–Crippen MR) is 113 cm³/mol. The molecule has 0 bridgehead atoms. The van der Waals surface area contributed by atoms with E-state index < -0.39 is 0 Å². The molecule has 2 aromatic rings. The second-order valence-electron chi connectivity index (χ2n) is 6.43. The summed E-state index contributed by atoms with van der Waals surface area (Å²) in [6.07, 6.45) is 6.54. The molecule has 138 valence electrons. The molecule has 0 unspecified atom stereocenters. The zero-order chi connectivity index (χ0) is 18.5. The number of hydrogen-bond donors (Lipinski definition) is 2. The summed E-state index contributed by atoms with van der Waals surface area (Å²) in [6.45, 7) is 2.20. The van der Waals surface area contributed by atoms with E-state index in [9.17, 15) is 4.79 Å². The highest BCUT2D eigenvalue weighted by Crippen LogP contribution is 2.39. The van der Waals surface area contributed by atoms with Gasteiger partial charge in [-0.2, -0.15) is 0 Å². The Kier molecular flexibility index (Phi) is 6.27. The molecular formula is C20H24N2O2S2. The van der Waals surface area contributed by atoms with Crippen LogP contribution in [-0.4, -0.2) is 18.2 Å².